The van der Waals surface area contributed by atoms with Crippen LogP contribution >= 0.6 is 0 Å². The fourth-order valence-corrected chi connectivity index (χ4v) is 2.18. The number of benzene rings is 1. The van der Waals surface area contributed by atoms with Gasteiger partial charge in [-0.15, -0.1) is 0 Å². The maximum atomic E-state index is 8.70. The number of rotatable bonds is 7. The van der Waals surface area contributed by atoms with Gasteiger partial charge in [-0.3, -0.25) is 0 Å². The van der Waals surface area contributed by atoms with Crippen molar-refractivity contribution in [3.63, 3.8) is 0 Å². The van der Waals surface area contributed by atoms with Crippen LogP contribution in [0, 0.1) is 11.3 Å². The van der Waals surface area contributed by atoms with Gasteiger partial charge in [-0.1, -0.05) is 18.2 Å². The Kier molecular flexibility index (Phi) is 5.60. The molecule has 1 aromatic carbocycles. The molecule has 0 bridgehead atoms. The lowest BCUT2D eigenvalue weighted by molar-refractivity contribution is 0.768. The number of aromatic nitrogens is 1. The summed E-state index contributed by atoms with van der Waals surface area (Å²) in [6, 6.07) is 16.1. The minimum atomic E-state index is 0.446. The van der Waals surface area contributed by atoms with Crippen molar-refractivity contribution in [3.8, 4) is 6.07 Å². The maximum Gasteiger partial charge on any atom is 0.140 e. The van der Waals surface area contributed by atoms with Crippen LogP contribution in [0.5, 0.6) is 0 Å². The highest BCUT2D eigenvalue weighted by molar-refractivity contribution is 5.46. The highest BCUT2D eigenvalue weighted by Crippen LogP contribution is 2.13. The SMILES string of the molecule is CCN(CCCNc1ccc(C#N)nc1)c1ccccc1. The highest BCUT2D eigenvalue weighted by atomic mass is 15.1. The molecule has 4 heteroatoms. The van der Waals surface area contributed by atoms with Gasteiger partial charge >= 0.3 is 0 Å². The first-order valence-corrected chi connectivity index (χ1v) is 7.23. The molecule has 0 aliphatic heterocycles. The molecule has 21 heavy (non-hydrogen) atoms. The highest BCUT2D eigenvalue weighted by Gasteiger charge is 2.02. The summed E-state index contributed by atoms with van der Waals surface area (Å²) in [4.78, 5) is 6.40. The molecule has 0 radical (unpaired) electrons. The summed E-state index contributed by atoms with van der Waals surface area (Å²) < 4.78 is 0. The number of hydrogen-bond donors (Lipinski definition) is 1. The minimum absolute atomic E-state index is 0.446. The lowest BCUT2D eigenvalue weighted by Crippen LogP contribution is -2.25. The number of pyridine rings is 1. The van der Waals surface area contributed by atoms with E-state index in [1.54, 1.807) is 12.3 Å². The first-order chi connectivity index (χ1) is 10.3. The first kappa shape index (κ1) is 14.9. The van der Waals surface area contributed by atoms with Gasteiger partial charge in [-0.2, -0.15) is 5.26 Å². The summed E-state index contributed by atoms with van der Waals surface area (Å²) in [7, 11) is 0. The number of nitrogens with one attached hydrogen (secondary N) is 1. The van der Waals surface area contributed by atoms with Crippen LogP contribution in [-0.2, 0) is 0 Å². The third-order valence-electron chi connectivity index (χ3n) is 3.32. The van der Waals surface area contributed by atoms with Crippen molar-refractivity contribution in [1.82, 2.24) is 4.98 Å². The van der Waals surface area contributed by atoms with Gasteiger partial charge in [0, 0.05) is 25.3 Å². The Hall–Kier alpha value is -2.54. The summed E-state index contributed by atoms with van der Waals surface area (Å²) in [5, 5.41) is 12.0. The van der Waals surface area contributed by atoms with E-state index >= 15 is 0 Å². The van der Waals surface area contributed by atoms with Gasteiger partial charge in [-0.25, -0.2) is 4.98 Å². The zero-order valence-corrected chi connectivity index (χ0v) is 12.3. The fraction of sp³-hybridized carbons (Fsp3) is 0.294. The van der Waals surface area contributed by atoms with Crippen molar-refractivity contribution in [2.75, 3.05) is 29.9 Å². The second-order valence-electron chi connectivity index (χ2n) is 4.74. The van der Waals surface area contributed by atoms with Crippen molar-refractivity contribution in [3.05, 3.63) is 54.4 Å². The average molecular weight is 280 g/mol. The van der Waals surface area contributed by atoms with E-state index in [0.29, 0.717) is 5.69 Å². The molecule has 1 N–H and O–H groups in total. The van der Waals surface area contributed by atoms with E-state index in [0.717, 1.165) is 31.7 Å². The van der Waals surface area contributed by atoms with Crippen molar-refractivity contribution in [2.45, 2.75) is 13.3 Å². The molecule has 2 rings (SSSR count). The van der Waals surface area contributed by atoms with E-state index in [1.807, 2.05) is 18.2 Å². The Bertz CT molecular complexity index is 572. The molecule has 0 saturated carbocycles. The Labute approximate surface area is 126 Å². The smallest absolute Gasteiger partial charge is 0.140 e. The molecule has 0 amide bonds. The van der Waals surface area contributed by atoms with Gasteiger partial charge < -0.3 is 10.2 Å². The molecule has 0 fully saturated rings. The van der Waals surface area contributed by atoms with Crippen molar-refractivity contribution in [2.24, 2.45) is 0 Å². The summed E-state index contributed by atoms with van der Waals surface area (Å²) in [5.74, 6) is 0. The van der Waals surface area contributed by atoms with E-state index in [9.17, 15) is 0 Å². The number of nitriles is 1. The van der Waals surface area contributed by atoms with E-state index in [4.69, 9.17) is 5.26 Å². The van der Waals surface area contributed by atoms with Crippen molar-refractivity contribution < 1.29 is 0 Å². The van der Waals surface area contributed by atoms with Gasteiger partial charge in [0.05, 0.1) is 11.9 Å². The van der Waals surface area contributed by atoms with Crippen LogP contribution in [0.15, 0.2) is 48.7 Å². The van der Waals surface area contributed by atoms with Gasteiger partial charge in [0.15, 0.2) is 0 Å². The van der Waals surface area contributed by atoms with Crippen LogP contribution in [0.25, 0.3) is 0 Å². The Morgan fingerprint density at radius 1 is 1.19 bits per heavy atom. The monoisotopic (exact) mass is 280 g/mol. The van der Waals surface area contributed by atoms with Crippen molar-refractivity contribution in [1.29, 1.82) is 5.26 Å². The lowest BCUT2D eigenvalue weighted by atomic mass is 10.2. The van der Waals surface area contributed by atoms with Crippen LogP contribution in [0.4, 0.5) is 11.4 Å². The molecule has 0 atom stereocenters. The normalized spacial score (nSPS) is 9.90. The lowest BCUT2D eigenvalue weighted by Gasteiger charge is -2.23. The largest absolute Gasteiger partial charge is 0.384 e. The Balaban J connectivity index is 1.77. The topological polar surface area (TPSA) is 52.0 Å². The second-order valence-corrected chi connectivity index (χ2v) is 4.74. The molecule has 0 spiro atoms. The first-order valence-electron chi connectivity index (χ1n) is 7.23. The van der Waals surface area contributed by atoms with Crippen LogP contribution in [0.2, 0.25) is 0 Å². The third-order valence-corrected chi connectivity index (χ3v) is 3.32. The molecular formula is C17H20N4. The third kappa shape index (κ3) is 4.50. The maximum absolute atomic E-state index is 8.70. The van der Waals surface area contributed by atoms with Gasteiger partial charge in [0.1, 0.15) is 11.8 Å². The zero-order valence-electron chi connectivity index (χ0n) is 12.3. The van der Waals surface area contributed by atoms with E-state index < -0.39 is 0 Å². The van der Waals surface area contributed by atoms with Crippen molar-refractivity contribution >= 4 is 11.4 Å². The molecule has 1 heterocycles. The number of nitrogens with zero attached hydrogens (tertiary/aromatic N) is 3. The number of para-hydroxylation sites is 1. The molecule has 2 aromatic rings. The summed E-state index contributed by atoms with van der Waals surface area (Å²) in [6.07, 6.45) is 2.75. The predicted octanol–water partition coefficient (Wildman–Crippen LogP) is 3.28. The van der Waals surface area contributed by atoms with Gasteiger partial charge in [0.2, 0.25) is 0 Å². The molecule has 0 saturated heterocycles. The molecule has 0 aliphatic carbocycles. The number of hydrogen-bond acceptors (Lipinski definition) is 4. The van der Waals surface area contributed by atoms with Crippen LogP contribution in [-0.4, -0.2) is 24.6 Å². The standard InChI is InChI=1S/C17H20N4/c1-2-21(17-7-4-3-5-8-17)12-6-11-19-16-10-9-15(13-18)20-14-16/h3-5,7-10,14,19H,2,6,11-12H2,1H3. The van der Waals surface area contributed by atoms with Gasteiger partial charge in [-0.05, 0) is 37.6 Å². The summed E-state index contributed by atoms with van der Waals surface area (Å²) in [6.45, 7) is 5.07. The molecule has 1 aromatic heterocycles. The second kappa shape index (κ2) is 7.91. The van der Waals surface area contributed by atoms with Gasteiger partial charge in [0.25, 0.3) is 0 Å². The quantitative estimate of drug-likeness (QED) is 0.791. The Morgan fingerprint density at radius 3 is 2.62 bits per heavy atom. The van der Waals surface area contributed by atoms with E-state index in [1.165, 1.54) is 5.69 Å². The average Bonchev–Trinajstić information content (AvgIpc) is 2.56. The molecular weight excluding hydrogens is 260 g/mol. The molecule has 0 unspecified atom stereocenters. The fourth-order valence-electron chi connectivity index (χ4n) is 2.18. The summed E-state index contributed by atoms with van der Waals surface area (Å²) >= 11 is 0. The van der Waals surface area contributed by atoms with E-state index in [2.05, 4.69) is 46.4 Å². The van der Waals surface area contributed by atoms with E-state index in [-0.39, 0.29) is 0 Å². The van der Waals surface area contributed by atoms with Crippen LogP contribution < -0.4 is 10.2 Å². The van der Waals surface area contributed by atoms with Crippen LogP contribution in [0.3, 0.4) is 0 Å². The predicted molar refractivity (Wildman–Crippen MR) is 86.4 cm³/mol. The molecule has 108 valence electrons. The molecule has 4 nitrogen and oxygen atoms in total. The summed E-state index contributed by atoms with van der Waals surface area (Å²) in [5.41, 5.74) is 2.67. The molecule has 0 aliphatic rings. The van der Waals surface area contributed by atoms with Crippen LogP contribution in [0.1, 0.15) is 19.0 Å². The Morgan fingerprint density at radius 2 is 2.00 bits per heavy atom. The number of anilines is 2. The zero-order chi connectivity index (χ0) is 14.9. The minimum Gasteiger partial charge on any atom is -0.384 e.